The molecule has 8 nitrogen and oxygen atoms in total. The van der Waals surface area contributed by atoms with Crippen LogP contribution >= 0.6 is 11.3 Å². The molecule has 1 heterocycles. The normalized spacial score (nSPS) is 11.4. The van der Waals surface area contributed by atoms with Crippen LogP contribution in [0.4, 0.5) is 13.9 Å². The Labute approximate surface area is 186 Å². The zero-order valence-corrected chi connectivity index (χ0v) is 18.5. The molecule has 0 spiro atoms. The largest absolute Gasteiger partial charge is 0.452 e. The summed E-state index contributed by atoms with van der Waals surface area (Å²) in [6, 6.07) is 8.17. The minimum absolute atomic E-state index is 0.0427. The average Bonchev–Trinajstić information content (AvgIpc) is 3.21. The fourth-order valence-corrected chi connectivity index (χ4v) is 4.19. The molecule has 0 radical (unpaired) electrons. The number of nitrogens with one attached hydrogen (secondary N) is 1. The number of hydrogen-bond donors (Lipinski definition) is 1. The standard InChI is InChI=1S/C20H17F2N3O5S2/c1-25(2)32(28,29)14-5-3-4-12(8-14)19(27)30-10-18(26)24-20-23-17(11-31-20)15-9-13(21)6-7-16(15)22/h3-9,11H,10H2,1-2H3,(H,23,24,26). The highest BCUT2D eigenvalue weighted by atomic mass is 32.2. The first-order valence-corrected chi connectivity index (χ1v) is 11.3. The Morgan fingerprint density at radius 1 is 1.16 bits per heavy atom. The summed E-state index contributed by atoms with van der Waals surface area (Å²) in [5.41, 5.74) is 0.0396. The van der Waals surface area contributed by atoms with E-state index in [4.69, 9.17) is 4.74 Å². The van der Waals surface area contributed by atoms with E-state index in [1.807, 2.05) is 0 Å². The second-order valence-corrected chi connectivity index (χ2v) is 9.61. The number of carbonyl (C=O) groups excluding carboxylic acids is 2. The SMILES string of the molecule is CN(C)S(=O)(=O)c1cccc(C(=O)OCC(=O)Nc2nc(-c3cc(F)ccc3F)cs2)c1. The van der Waals surface area contributed by atoms with E-state index in [-0.39, 0.29) is 26.8 Å². The molecule has 32 heavy (non-hydrogen) atoms. The summed E-state index contributed by atoms with van der Waals surface area (Å²) >= 11 is 0.981. The van der Waals surface area contributed by atoms with E-state index in [0.717, 1.165) is 39.9 Å². The van der Waals surface area contributed by atoms with Gasteiger partial charge in [-0.15, -0.1) is 11.3 Å². The predicted molar refractivity (Wildman–Crippen MR) is 114 cm³/mol. The molecular weight excluding hydrogens is 464 g/mol. The smallest absolute Gasteiger partial charge is 0.338 e. The number of thiazole rings is 1. The van der Waals surface area contributed by atoms with Gasteiger partial charge in [0.2, 0.25) is 10.0 Å². The molecule has 0 aliphatic heterocycles. The van der Waals surface area contributed by atoms with Gasteiger partial charge in [0, 0.05) is 25.0 Å². The molecule has 2 aromatic carbocycles. The van der Waals surface area contributed by atoms with Gasteiger partial charge in [-0.05, 0) is 36.4 Å². The van der Waals surface area contributed by atoms with Crippen LogP contribution in [0.5, 0.6) is 0 Å². The van der Waals surface area contributed by atoms with Crippen molar-refractivity contribution < 1.29 is 31.5 Å². The molecule has 1 amide bonds. The van der Waals surface area contributed by atoms with Crippen molar-refractivity contribution in [2.45, 2.75) is 4.90 Å². The van der Waals surface area contributed by atoms with Gasteiger partial charge in [0.05, 0.1) is 16.2 Å². The lowest BCUT2D eigenvalue weighted by Gasteiger charge is -2.12. The van der Waals surface area contributed by atoms with Gasteiger partial charge in [0.15, 0.2) is 11.7 Å². The lowest BCUT2D eigenvalue weighted by Crippen LogP contribution is -2.23. The van der Waals surface area contributed by atoms with Gasteiger partial charge >= 0.3 is 5.97 Å². The summed E-state index contributed by atoms with van der Waals surface area (Å²) in [6.07, 6.45) is 0. The number of hydrogen-bond acceptors (Lipinski definition) is 7. The van der Waals surface area contributed by atoms with Crippen molar-refractivity contribution in [2.24, 2.45) is 0 Å². The Hall–Kier alpha value is -3.22. The van der Waals surface area contributed by atoms with E-state index in [1.165, 1.54) is 37.7 Å². The van der Waals surface area contributed by atoms with Crippen LogP contribution in [-0.2, 0) is 19.6 Å². The van der Waals surface area contributed by atoms with Gasteiger partial charge < -0.3 is 4.74 Å². The summed E-state index contributed by atoms with van der Waals surface area (Å²) < 4.78 is 57.5. The molecule has 0 saturated carbocycles. The van der Waals surface area contributed by atoms with Crippen molar-refractivity contribution in [2.75, 3.05) is 26.0 Å². The van der Waals surface area contributed by atoms with Crippen LogP contribution < -0.4 is 5.32 Å². The Morgan fingerprint density at radius 3 is 2.62 bits per heavy atom. The van der Waals surface area contributed by atoms with Crippen molar-refractivity contribution in [1.82, 2.24) is 9.29 Å². The molecule has 3 rings (SSSR count). The van der Waals surface area contributed by atoms with Crippen LogP contribution in [0.3, 0.4) is 0 Å². The molecule has 0 aliphatic carbocycles. The maximum Gasteiger partial charge on any atom is 0.338 e. The average molecular weight is 482 g/mol. The second kappa shape index (κ2) is 9.51. The minimum Gasteiger partial charge on any atom is -0.452 e. The third kappa shape index (κ3) is 5.33. The molecule has 0 unspecified atom stereocenters. The monoisotopic (exact) mass is 481 g/mol. The van der Waals surface area contributed by atoms with E-state index in [0.29, 0.717) is 0 Å². The van der Waals surface area contributed by atoms with E-state index >= 15 is 0 Å². The Kier molecular flexibility index (Phi) is 6.96. The molecule has 1 aromatic heterocycles. The molecule has 0 atom stereocenters. The van der Waals surface area contributed by atoms with Gasteiger partial charge in [0.25, 0.3) is 5.91 Å². The number of ether oxygens (including phenoxy) is 1. The summed E-state index contributed by atoms with van der Waals surface area (Å²) in [7, 11) is -1.03. The first kappa shape index (κ1) is 23.4. The van der Waals surface area contributed by atoms with Crippen LogP contribution in [0.2, 0.25) is 0 Å². The quantitative estimate of drug-likeness (QED) is 0.520. The number of aromatic nitrogens is 1. The van der Waals surface area contributed by atoms with Crippen molar-refractivity contribution in [3.63, 3.8) is 0 Å². The van der Waals surface area contributed by atoms with E-state index < -0.39 is 40.1 Å². The Morgan fingerprint density at radius 2 is 1.91 bits per heavy atom. The van der Waals surface area contributed by atoms with Crippen LogP contribution in [0.1, 0.15) is 10.4 Å². The predicted octanol–water partition coefficient (Wildman–Crippen LogP) is 3.13. The number of amides is 1. The first-order valence-electron chi connectivity index (χ1n) is 8.98. The molecule has 12 heteroatoms. The third-order valence-electron chi connectivity index (χ3n) is 4.14. The van der Waals surface area contributed by atoms with Gasteiger partial charge in [-0.25, -0.2) is 31.3 Å². The summed E-state index contributed by atoms with van der Waals surface area (Å²) in [5.74, 6) is -2.90. The van der Waals surface area contributed by atoms with Crippen LogP contribution in [0.25, 0.3) is 11.3 Å². The fourth-order valence-electron chi connectivity index (χ4n) is 2.51. The number of nitrogens with zero attached hydrogens (tertiary/aromatic N) is 2. The zero-order valence-electron chi connectivity index (χ0n) is 16.8. The van der Waals surface area contributed by atoms with Gasteiger partial charge in [0.1, 0.15) is 11.6 Å². The van der Waals surface area contributed by atoms with E-state index in [9.17, 15) is 26.8 Å². The minimum atomic E-state index is -3.74. The Balaban J connectivity index is 1.62. The van der Waals surface area contributed by atoms with Gasteiger partial charge in [-0.1, -0.05) is 6.07 Å². The van der Waals surface area contributed by atoms with Crippen molar-refractivity contribution in [1.29, 1.82) is 0 Å². The van der Waals surface area contributed by atoms with Crippen molar-refractivity contribution in [3.8, 4) is 11.3 Å². The van der Waals surface area contributed by atoms with Crippen LogP contribution in [-0.4, -0.2) is 50.3 Å². The molecule has 0 aliphatic rings. The summed E-state index contributed by atoms with van der Waals surface area (Å²) in [4.78, 5) is 28.2. The molecule has 168 valence electrons. The highest BCUT2D eigenvalue weighted by Gasteiger charge is 2.20. The number of sulfonamides is 1. The lowest BCUT2D eigenvalue weighted by atomic mass is 10.1. The lowest BCUT2D eigenvalue weighted by molar-refractivity contribution is -0.119. The Bertz CT molecular complexity index is 1280. The van der Waals surface area contributed by atoms with Crippen molar-refractivity contribution in [3.05, 3.63) is 65.0 Å². The van der Waals surface area contributed by atoms with Gasteiger partial charge in [-0.2, -0.15) is 0 Å². The third-order valence-corrected chi connectivity index (χ3v) is 6.71. The second-order valence-electron chi connectivity index (χ2n) is 6.60. The zero-order chi connectivity index (χ0) is 23.5. The van der Waals surface area contributed by atoms with Crippen LogP contribution in [0.15, 0.2) is 52.7 Å². The van der Waals surface area contributed by atoms with E-state index in [2.05, 4.69) is 10.3 Å². The molecular formula is C20H17F2N3O5S2. The number of benzene rings is 2. The maximum absolute atomic E-state index is 13.9. The maximum atomic E-state index is 13.9. The first-order chi connectivity index (χ1) is 15.1. The molecule has 1 N–H and O–H groups in total. The number of halogens is 2. The highest BCUT2D eigenvalue weighted by Crippen LogP contribution is 2.27. The van der Waals surface area contributed by atoms with Crippen molar-refractivity contribution >= 4 is 38.4 Å². The van der Waals surface area contributed by atoms with E-state index in [1.54, 1.807) is 0 Å². The fraction of sp³-hybridized carbons (Fsp3) is 0.150. The molecule has 0 fully saturated rings. The van der Waals surface area contributed by atoms with Crippen LogP contribution in [0, 0.1) is 11.6 Å². The number of esters is 1. The topological polar surface area (TPSA) is 106 Å². The molecule has 0 bridgehead atoms. The summed E-state index contributed by atoms with van der Waals surface area (Å²) in [6.45, 7) is -0.660. The van der Waals surface area contributed by atoms with Gasteiger partial charge in [-0.3, -0.25) is 10.1 Å². The summed E-state index contributed by atoms with van der Waals surface area (Å²) in [5, 5.41) is 3.94. The highest BCUT2D eigenvalue weighted by molar-refractivity contribution is 7.89. The number of anilines is 1. The number of carbonyl (C=O) groups is 2. The molecule has 0 saturated heterocycles. The molecule has 3 aromatic rings. The number of rotatable bonds is 7.